The summed E-state index contributed by atoms with van der Waals surface area (Å²) >= 11 is 1.34. The molecule has 1 aromatic heterocycles. The Balaban J connectivity index is 1.55. The zero-order chi connectivity index (χ0) is 19.6. The molecule has 3 rings (SSSR count). The van der Waals surface area contributed by atoms with Crippen LogP contribution < -0.4 is 0 Å². The second-order valence-corrected chi connectivity index (χ2v) is 9.36. The van der Waals surface area contributed by atoms with E-state index >= 15 is 0 Å². The van der Waals surface area contributed by atoms with Gasteiger partial charge in [0.25, 0.3) is 0 Å². The number of hydrogen-bond donors (Lipinski definition) is 0. The molecule has 1 fully saturated rings. The second kappa shape index (κ2) is 7.99. The number of piperazine rings is 1. The van der Waals surface area contributed by atoms with Gasteiger partial charge in [-0.1, -0.05) is 29.5 Å². The molecule has 1 aliphatic heterocycles. The molecule has 0 aliphatic carbocycles. The molecule has 2 aromatic rings. The van der Waals surface area contributed by atoms with E-state index in [1.165, 1.54) is 16.1 Å². The summed E-state index contributed by atoms with van der Waals surface area (Å²) in [5.74, 6) is 1.03. The van der Waals surface area contributed by atoms with Crippen molar-refractivity contribution in [1.29, 1.82) is 0 Å². The number of rotatable bonds is 5. The number of hydrogen-bond acceptors (Lipinski definition) is 6. The van der Waals surface area contributed by atoms with Gasteiger partial charge < -0.3 is 9.47 Å². The van der Waals surface area contributed by atoms with Crippen molar-refractivity contribution in [3.05, 3.63) is 35.7 Å². The standard InChI is InChI=1S/C17H23N5O3S2/c1-13-4-6-15(7-5-13)27(24,25)22-10-8-21(9-11-22)16(23)12-26-17-19-18-14(2)20(17)3/h4-7H,8-12H2,1-3H3. The van der Waals surface area contributed by atoms with E-state index in [2.05, 4.69) is 10.2 Å². The number of aryl methyl sites for hydroxylation is 2. The molecule has 0 bridgehead atoms. The smallest absolute Gasteiger partial charge is 0.243 e. The second-order valence-electron chi connectivity index (χ2n) is 6.48. The van der Waals surface area contributed by atoms with Crippen molar-refractivity contribution in [1.82, 2.24) is 24.0 Å². The van der Waals surface area contributed by atoms with Crippen LogP contribution in [0.3, 0.4) is 0 Å². The molecule has 10 heteroatoms. The Morgan fingerprint density at radius 3 is 2.26 bits per heavy atom. The van der Waals surface area contributed by atoms with E-state index in [0.29, 0.717) is 36.2 Å². The first-order chi connectivity index (χ1) is 12.8. The molecular weight excluding hydrogens is 386 g/mol. The van der Waals surface area contributed by atoms with Crippen LogP contribution in [0.5, 0.6) is 0 Å². The van der Waals surface area contributed by atoms with Gasteiger partial charge in [0.2, 0.25) is 15.9 Å². The Kier molecular flexibility index (Phi) is 5.87. The lowest BCUT2D eigenvalue weighted by molar-refractivity contribution is -0.129. The van der Waals surface area contributed by atoms with Gasteiger partial charge in [-0.2, -0.15) is 4.31 Å². The van der Waals surface area contributed by atoms with Crippen LogP contribution in [0.2, 0.25) is 0 Å². The van der Waals surface area contributed by atoms with E-state index in [0.717, 1.165) is 11.4 Å². The minimum Gasteiger partial charge on any atom is -0.339 e. The van der Waals surface area contributed by atoms with E-state index in [1.807, 2.05) is 25.5 Å². The van der Waals surface area contributed by atoms with Crippen LogP contribution in [0, 0.1) is 13.8 Å². The molecule has 1 aromatic carbocycles. The van der Waals surface area contributed by atoms with Gasteiger partial charge in [-0.15, -0.1) is 10.2 Å². The average molecular weight is 410 g/mol. The summed E-state index contributed by atoms with van der Waals surface area (Å²) in [7, 11) is -1.66. The van der Waals surface area contributed by atoms with Crippen LogP contribution in [0.4, 0.5) is 0 Å². The first-order valence-corrected chi connectivity index (χ1v) is 11.0. The number of thioether (sulfide) groups is 1. The van der Waals surface area contributed by atoms with Crippen molar-refractivity contribution in [3.8, 4) is 0 Å². The van der Waals surface area contributed by atoms with Gasteiger partial charge in [-0.25, -0.2) is 8.42 Å². The zero-order valence-corrected chi connectivity index (χ0v) is 17.3. The van der Waals surface area contributed by atoms with Crippen molar-refractivity contribution in [2.75, 3.05) is 31.9 Å². The van der Waals surface area contributed by atoms with Crippen LogP contribution in [0.15, 0.2) is 34.3 Å². The molecule has 0 unspecified atom stereocenters. The molecule has 0 atom stereocenters. The lowest BCUT2D eigenvalue weighted by Crippen LogP contribution is -2.50. The van der Waals surface area contributed by atoms with Crippen LogP contribution >= 0.6 is 11.8 Å². The predicted molar refractivity (Wildman–Crippen MR) is 103 cm³/mol. The molecule has 27 heavy (non-hydrogen) atoms. The van der Waals surface area contributed by atoms with E-state index < -0.39 is 10.0 Å². The number of amides is 1. The largest absolute Gasteiger partial charge is 0.339 e. The Morgan fingerprint density at radius 2 is 1.70 bits per heavy atom. The Hall–Kier alpha value is -1.91. The van der Waals surface area contributed by atoms with Gasteiger partial charge in [-0.3, -0.25) is 4.79 Å². The van der Waals surface area contributed by atoms with Gasteiger partial charge in [0.15, 0.2) is 5.16 Å². The minimum atomic E-state index is -3.52. The van der Waals surface area contributed by atoms with Crippen LogP contribution in [-0.4, -0.2) is 70.2 Å². The van der Waals surface area contributed by atoms with E-state index in [-0.39, 0.29) is 11.7 Å². The van der Waals surface area contributed by atoms with Gasteiger partial charge in [0.1, 0.15) is 5.82 Å². The number of nitrogens with zero attached hydrogens (tertiary/aromatic N) is 5. The summed E-state index contributed by atoms with van der Waals surface area (Å²) in [5.41, 5.74) is 1.01. The van der Waals surface area contributed by atoms with Crippen molar-refractivity contribution >= 4 is 27.7 Å². The first-order valence-electron chi connectivity index (χ1n) is 8.62. The summed E-state index contributed by atoms with van der Waals surface area (Å²) in [6, 6.07) is 6.83. The maximum absolute atomic E-state index is 12.7. The van der Waals surface area contributed by atoms with Crippen molar-refractivity contribution in [3.63, 3.8) is 0 Å². The Morgan fingerprint density at radius 1 is 1.07 bits per heavy atom. The summed E-state index contributed by atoms with van der Waals surface area (Å²) in [6.45, 7) is 5.16. The topological polar surface area (TPSA) is 88.4 Å². The lowest BCUT2D eigenvalue weighted by Gasteiger charge is -2.34. The highest BCUT2D eigenvalue weighted by atomic mass is 32.2. The highest BCUT2D eigenvalue weighted by Crippen LogP contribution is 2.20. The van der Waals surface area contributed by atoms with Crippen LogP contribution in [0.1, 0.15) is 11.4 Å². The monoisotopic (exact) mass is 409 g/mol. The van der Waals surface area contributed by atoms with Crippen molar-refractivity contribution < 1.29 is 13.2 Å². The summed E-state index contributed by atoms with van der Waals surface area (Å²) < 4.78 is 28.7. The molecule has 146 valence electrons. The highest BCUT2D eigenvalue weighted by molar-refractivity contribution is 7.99. The molecule has 0 N–H and O–H groups in total. The lowest BCUT2D eigenvalue weighted by atomic mass is 10.2. The molecular formula is C17H23N5O3S2. The SMILES string of the molecule is Cc1ccc(S(=O)(=O)N2CCN(C(=O)CSc3nnc(C)n3C)CC2)cc1. The van der Waals surface area contributed by atoms with E-state index in [4.69, 9.17) is 0 Å². The van der Waals surface area contributed by atoms with Crippen molar-refractivity contribution in [2.45, 2.75) is 23.9 Å². The Labute approximate surface area is 163 Å². The molecule has 0 spiro atoms. The first kappa shape index (κ1) is 19.8. The van der Waals surface area contributed by atoms with E-state index in [1.54, 1.807) is 29.2 Å². The normalized spacial score (nSPS) is 15.9. The number of carbonyl (C=O) groups is 1. The summed E-state index contributed by atoms with van der Waals surface area (Å²) in [4.78, 5) is 14.4. The maximum Gasteiger partial charge on any atom is 0.243 e. The summed E-state index contributed by atoms with van der Waals surface area (Å²) in [5, 5.41) is 8.70. The molecule has 0 radical (unpaired) electrons. The molecule has 1 amide bonds. The number of benzene rings is 1. The zero-order valence-electron chi connectivity index (χ0n) is 15.6. The third kappa shape index (κ3) is 4.33. The van der Waals surface area contributed by atoms with Gasteiger partial charge in [0, 0.05) is 33.2 Å². The van der Waals surface area contributed by atoms with Gasteiger partial charge in [-0.05, 0) is 26.0 Å². The third-order valence-corrected chi connectivity index (χ3v) is 7.55. The number of aromatic nitrogens is 3. The van der Waals surface area contributed by atoms with Crippen LogP contribution in [0.25, 0.3) is 0 Å². The van der Waals surface area contributed by atoms with Gasteiger partial charge in [0.05, 0.1) is 10.6 Å². The Bertz CT molecular complexity index is 917. The minimum absolute atomic E-state index is 0.0203. The quantitative estimate of drug-likeness (QED) is 0.686. The van der Waals surface area contributed by atoms with Crippen molar-refractivity contribution in [2.24, 2.45) is 7.05 Å². The third-order valence-electron chi connectivity index (χ3n) is 4.63. The molecule has 2 heterocycles. The fourth-order valence-electron chi connectivity index (χ4n) is 2.77. The average Bonchev–Trinajstić information content (AvgIpc) is 2.98. The fourth-order valence-corrected chi connectivity index (χ4v) is 5.05. The van der Waals surface area contributed by atoms with Crippen LogP contribution in [-0.2, 0) is 21.9 Å². The van der Waals surface area contributed by atoms with Gasteiger partial charge >= 0.3 is 0 Å². The fraction of sp³-hybridized carbons (Fsp3) is 0.471. The molecule has 1 saturated heterocycles. The summed E-state index contributed by atoms with van der Waals surface area (Å²) in [6.07, 6.45) is 0. The van der Waals surface area contributed by atoms with E-state index in [9.17, 15) is 13.2 Å². The highest BCUT2D eigenvalue weighted by Gasteiger charge is 2.30. The molecule has 8 nitrogen and oxygen atoms in total. The molecule has 1 aliphatic rings. The number of carbonyl (C=O) groups excluding carboxylic acids is 1. The number of sulfonamides is 1. The predicted octanol–water partition coefficient (Wildman–Crippen LogP) is 1.06. The maximum atomic E-state index is 12.7. The molecule has 0 saturated carbocycles.